The fraction of sp³-hybridized carbons (Fsp3) is 0.455. The molecule has 0 spiro atoms. The lowest BCUT2D eigenvalue weighted by Crippen LogP contribution is -2.35. The highest BCUT2D eigenvalue weighted by atomic mass is 16.2. The summed E-state index contributed by atoms with van der Waals surface area (Å²) < 4.78 is 0. The number of pyridine rings is 1. The van der Waals surface area contributed by atoms with Crippen molar-refractivity contribution in [3.05, 3.63) is 65.5 Å². The Morgan fingerprint density at radius 2 is 2.00 bits per heavy atom. The van der Waals surface area contributed by atoms with Crippen LogP contribution in [0.4, 0.5) is 0 Å². The number of aromatic nitrogens is 1. The number of carbonyl (C=O) groups is 1. The van der Waals surface area contributed by atoms with Gasteiger partial charge in [0.15, 0.2) is 0 Å². The second kappa shape index (κ2) is 7.20. The Labute approximate surface area is 155 Å². The third-order valence-electron chi connectivity index (χ3n) is 6.09. The summed E-state index contributed by atoms with van der Waals surface area (Å²) in [5.74, 6) is 1.32. The third kappa shape index (κ3) is 3.26. The highest BCUT2D eigenvalue weighted by Crippen LogP contribution is 2.45. The molecule has 0 saturated carbocycles. The van der Waals surface area contributed by atoms with Gasteiger partial charge in [0, 0.05) is 51.4 Å². The van der Waals surface area contributed by atoms with Gasteiger partial charge in [-0.05, 0) is 42.0 Å². The number of hydrogen-bond donors (Lipinski definition) is 0. The molecule has 4 nitrogen and oxygen atoms in total. The number of hydrogen-bond acceptors (Lipinski definition) is 3. The highest BCUT2D eigenvalue weighted by Gasteiger charge is 2.48. The van der Waals surface area contributed by atoms with Gasteiger partial charge in [0.05, 0.1) is 6.04 Å². The molecule has 26 heavy (non-hydrogen) atoms. The van der Waals surface area contributed by atoms with E-state index in [1.807, 2.05) is 18.5 Å². The van der Waals surface area contributed by atoms with E-state index >= 15 is 0 Å². The summed E-state index contributed by atoms with van der Waals surface area (Å²) in [6.45, 7) is 8.01. The minimum atomic E-state index is 0.203. The molecule has 1 aromatic heterocycles. The smallest absolute Gasteiger partial charge is 0.219 e. The molecular formula is C22H27N3O. The van der Waals surface area contributed by atoms with Crippen LogP contribution in [0, 0.1) is 18.8 Å². The monoisotopic (exact) mass is 349 g/mol. The number of amides is 1. The summed E-state index contributed by atoms with van der Waals surface area (Å²) in [4.78, 5) is 21.2. The normalized spacial score (nSPS) is 25.5. The van der Waals surface area contributed by atoms with Crippen molar-refractivity contribution in [1.82, 2.24) is 14.8 Å². The average molecular weight is 349 g/mol. The quantitative estimate of drug-likeness (QED) is 0.851. The van der Waals surface area contributed by atoms with Crippen molar-refractivity contribution in [2.45, 2.75) is 26.3 Å². The molecule has 1 amide bonds. The Bertz CT molecular complexity index is 776. The van der Waals surface area contributed by atoms with Gasteiger partial charge in [-0.2, -0.15) is 0 Å². The fourth-order valence-corrected chi connectivity index (χ4v) is 4.79. The minimum Gasteiger partial charge on any atom is -0.335 e. The summed E-state index contributed by atoms with van der Waals surface area (Å²) in [7, 11) is 0. The molecule has 2 aliphatic heterocycles. The molecule has 2 saturated heterocycles. The number of aryl methyl sites for hydroxylation is 1. The van der Waals surface area contributed by atoms with Crippen molar-refractivity contribution in [3.63, 3.8) is 0 Å². The van der Waals surface area contributed by atoms with Crippen LogP contribution in [0.1, 0.15) is 29.7 Å². The molecule has 0 radical (unpaired) electrons. The van der Waals surface area contributed by atoms with Gasteiger partial charge in [0.1, 0.15) is 0 Å². The molecule has 4 heteroatoms. The fourth-order valence-electron chi connectivity index (χ4n) is 4.79. The van der Waals surface area contributed by atoms with Crippen LogP contribution >= 0.6 is 0 Å². The second-order valence-corrected chi connectivity index (χ2v) is 7.77. The first kappa shape index (κ1) is 17.2. The molecule has 0 unspecified atom stereocenters. The lowest BCUT2D eigenvalue weighted by Gasteiger charge is -2.30. The van der Waals surface area contributed by atoms with E-state index in [0.29, 0.717) is 11.8 Å². The zero-order chi connectivity index (χ0) is 18.1. The molecule has 0 aliphatic carbocycles. The number of rotatable bonds is 4. The van der Waals surface area contributed by atoms with Crippen molar-refractivity contribution in [2.75, 3.05) is 26.2 Å². The standard InChI is InChI=1S/C22H27N3O/c1-16-6-3-4-8-20(16)22-21-15-24(11-9-18-7-5-10-23-12-18)13-19(21)14-25(22)17(2)26/h3-8,10,12,19,21-22H,9,11,13-15H2,1-2H3/t19-,21-,22+/m1/s1. The van der Waals surface area contributed by atoms with E-state index in [4.69, 9.17) is 0 Å². The molecule has 3 heterocycles. The molecule has 2 aromatic rings. The number of likely N-dealkylation sites (tertiary alicyclic amines) is 2. The number of fused-ring (bicyclic) bond motifs is 1. The van der Waals surface area contributed by atoms with Crippen LogP contribution < -0.4 is 0 Å². The molecule has 3 atom stereocenters. The predicted molar refractivity (Wildman–Crippen MR) is 103 cm³/mol. The van der Waals surface area contributed by atoms with E-state index in [0.717, 1.165) is 32.6 Å². The van der Waals surface area contributed by atoms with Gasteiger partial charge in [-0.15, -0.1) is 0 Å². The van der Waals surface area contributed by atoms with Crippen molar-refractivity contribution in [1.29, 1.82) is 0 Å². The maximum absolute atomic E-state index is 12.3. The van der Waals surface area contributed by atoms with Crippen molar-refractivity contribution in [3.8, 4) is 0 Å². The average Bonchev–Trinajstić information content (AvgIpc) is 3.19. The van der Waals surface area contributed by atoms with E-state index in [1.54, 1.807) is 6.92 Å². The maximum atomic E-state index is 12.3. The number of carbonyl (C=O) groups excluding carboxylic acids is 1. The molecule has 2 fully saturated rings. The summed E-state index contributed by atoms with van der Waals surface area (Å²) in [6.07, 6.45) is 4.83. The molecule has 2 aliphatic rings. The summed E-state index contributed by atoms with van der Waals surface area (Å²) in [6, 6.07) is 12.9. The first-order chi connectivity index (χ1) is 12.6. The van der Waals surface area contributed by atoms with E-state index in [-0.39, 0.29) is 11.9 Å². The van der Waals surface area contributed by atoms with E-state index < -0.39 is 0 Å². The van der Waals surface area contributed by atoms with Crippen LogP contribution in [-0.4, -0.2) is 46.9 Å². The number of benzene rings is 1. The summed E-state index contributed by atoms with van der Waals surface area (Å²) in [5, 5.41) is 0. The topological polar surface area (TPSA) is 36.4 Å². The lowest BCUT2D eigenvalue weighted by atomic mass is 9.87. The highest BCUT2D eigenvalue weighted by molar-refractivity contribution is 5.74. The molecule has 4 rings (SSSR count). The van der Waals surface area contributed by atoms with Gasteiger partial charge in [-0.3, -0.25) is 9.78 Å². The molecule has 0 bridgehead atoms. The summed E-state index contributed by atoms with van der Waals surface area (Å²) >= 11 is 0. The van der Waals surface area contributed by atoms with Crippen molar-refractivity contribution in [2.24, 2.45) is 11.8 Å². The Morgan fingerprint density at radius 3 is 2.73 bits per heavy atom. The van der Waals surface area contributed by atoms with Gasteiger partial charge in [0.25, 0.3) is 0 Å². The van der Waals surface area contributed by atoms with E-state index in [9.17, 15) is 4.79 Å². The molecular weight excluding hydrogens is 322 g/mol. The largest absolute Gasteiger partial charge is 0.335 e. The Kier molecular flexibility index (Phi) is 4.77. The molecule has 136 valence electrons. The predicted octanol–water partition coefficient (Wildman–Crippen LogP) is 3.08. The van der Waals surface area contributed by atoms with Crippen molar-refractivity contribution < 1.29 is 4.79 Å². The first-order valence-electron chi connectivity index (χ1n) is 9.57. The Balaban J connectivity index is 1.50. The van der Waals surface area contributed by atoms with E-state index in [1.165, 1.54) is 16.7 Å². The van der Waals surface area contributed by atoms with Crippen LogP contribution in [0.5, 0.6) is 0 Å². The molecule has 0 N–H and O–H groups in total. The van der Waals surface area contributed by atoms with Crippen LogP contribution in [0.3, 0.4) is 0 Å². The van der Waals surface area contributed by atoms with Crippen LogP contribution in [0.25, 0.3) is 0 Å². The van der Waals surface area contributed by atoms with Gasteiger partial charge >= 0.3 is 0 Å². The van der Waals surface area contributed by atoms with Crippen molar-refractivity contribution >= 4 is 5.91 Å². The SMILES string of the molecule is CC(=O)N1C[C@H]2CN(CCc3cccnc3)C[C@H]2[C@@H]1c1ccccc1C. The van der Waals surface area contributed by atoms with Gasteiger partial charge in [0.2, 0.25) is 5.91 Å². The first-order valence-corrected chi connectivity index (χ1v) is 9.57. The summed E-state index contributed by atoms with van der Waals surface area (Å²) in [5.41, 5.74) is 3.91. The zero-order valence-corrected chi connectivity index (χ0v) is 15.6. The lowest BCUT2D eigenvalue weighted by molar-refractivity contribution is -0.130. The Hall–Kier alpha value is -2.20. The Morgan fingerprint density at radius 1 is 1.15 bits per heavy atom. The van der Waals surface area contributed by atoms with Gasteiger partial charge in [-0.25, -0.2) is 0 Å². The van der Waals surface area contributed by atoms with Gasteiger partial charge in [-0.1, -0.05) is 30.3 Å². The van der Waals surface area contributed by atoms with Crippen LogP contribution in [-0.2, 0) is 11.2 Å². The van der Waals surface area contributed by atoms with E-state index in [2.05, 4.69) is 52.0 Å². The van der Waals surface area contributed by atoms with Gasteiger partial charge < -0.3 is 9.80 Å². The molecule has 1 aromatic carbocycles. The second-order valence-electron chi connectivity index (χ2n) is 7.77. The zero-order valence-electron chi connectivity index (χ0n) is 15.6. The third-order valence-corrected chi connectivity index (χ3v) is 6.09. The maximum Gasteiger partial charge on any atom is 0.219 e. The number of nitrogens with zero attached hydrogens (tertiary/aromatic N) is 3. The minimum absolute atomic E-state index is 0.203. The van der Waals surface area contributed by atoms with Crippen LogP contribution in [0.2, 0.25) is 0 Å². The van der Waals surface area contributed by atoms with Crippen LogP contribution in [0.15, 0.2) is 48.8 Å².